The predicted octanol–water partition coefficient (Wildman–Crippen LogP) is 5.56. The molecule has 0 saturated carbocycles. The molecule has 3 rings (SSSR count). The Morgan fingerprint density at radius 1 is 1.21 bits per heavy atom. The van der Waals surface area contributed by atoms with Crippen molar-refractivity contribution >= 4 is 28.9 Å². The third-order valence-electron chi connectivity index (χ3n) is 5.38. The van der Waals surface area contributed by atoms with E-state index in [1.54, 1.807) is 18.2 Å². The molecule has 0 aromatic heterocycles. The number of allylic oxidation sites excluding steroid dienone is 1. The third-order valence-corrected chi connectivity index (χ3v) is 5.38. The summed E-state index contributed by atoms with van der Waals surface area (Å²) in [7, 11) is 0. The van der Waals surface area contributed by atoms with Gasteiger partial charge in [0.1, 0.15) is 11.6 Å². The van der Waals surface area contributed by atoms with Gasteiger partial charge in [-0.25, -0.2) is 0 Å². The summed E-state index contributed by atoms with van der Waals surface area (Å²) in [5, 5.41) is 12.3. The van der Waals surface area contributed by atoms with Gasteiger partial charge >= 0.3 is 0 Å². The van der Waals surface area contributed by atoms with Crippen molar-refractivity contribution in [2.75, 3.05) is 16.8 Å². The minimum Gasteiger partial charge on any atom is -0.363 e. The van der Waals surface area contributed by atoms with Crippen molar-refractivity contribution < 1.29 is 4.79 Å². The molecule has 1 N–H and O–H groups in total. The van der Waals surface area contributed by atoms with E-state index in [0.717, 1.165) is 23.2 Å². The SMILES string of the molecule is CCN1c2cc(C)c(/C=C(/C#N)C(=O)Nc3ccccc3)cc2C(C)=CC1(C)C. The second kappa shape index (κ2) is 7.97. The van der Waals surface area contributed by atoms with Gasteiger partial charge in [0.2, 0.25) is 0 Å². The summed E-state index contributed by atoms with van der Waals surface area (Å²) in [4.78, 5) is 15.0. The highest BCUT2D eigenvalue weighted by Gasteiger charge is 2.30. The number of hydrogen-bond donors (Lipinski definition) is 1. The maximum absolute atomic E-state index is 12.6. The van der Waals surface area contributed by atoms with Crippen LogP contribution < -0.4 is 10.2 Å². The lowest BCUT2D eigenvalue weighted by atomic mass is 9.86. The largest absolute Gasteiger partial charge is 0.363 e. The number of para-hydroxylation sites is 1. The third kappa shape index (κ3) is 4.09. The molecule has 1 heterocycles. The van der Waals surface area contributed by atoms with E-state index in [-0.39, 0.29) is 11.1 Å². The van der Waals surface area contributed by atoms with Crippen molar-refractivity contribution in [2.45, 2.75) is 40.2 Å². The van der Waals surface area contributed by atoms with Gasteiger partial charge in [0.05, 0.1) is 5.54 Å². The molecule has 1 aliphatic rings. The van der Waals surface area contributed by atoms with Crippen LogP contribution in [-0.2, 0) is 4.79 Å². The second-order valence-electron chi connectivity index (χ2n) is 7.94. The van der Waals surface area contributed by atoms with Crippen LogP contribution in [0.15, 0.2) is 54.1 Å². The molecular formula is C25H27N3O. The van der Waals surface area contributed by atoms with E-state index in [1.165, 1.54) is 11.3 Å². The lowest BCUT2D eigenvalue weighted by Gasteiger charge is -2.43. The Kier molecular flexibility index (Phi) is 5.61. The van der Waals surface area contributed by atoms with Crippen LogP contribution in [0.25, 0.3) is 11.6 Å². The highest BCUT2D eigenvalue weighted by molar-refractivity contribution is 6.09. The zero-order chi connectivity index (χ0) is 21.2. The first kappa shape index (κ1) is 20.4. The second-order valence-corrected chi connectivity index (χ2v) is 7.94. The maximum atomic E-state index is 12.6. The van der Waals surface area contributed by atoms with E-state index in [4.69, 9.17) is 0 Å². The minimum atomic E-state index is -0.403. The van der Waals surface area contributed by atoms with Gasteiger partial charge in [-0.15, -0.1) is 0 Å². The van der Waals surface area contributed by atoms with Crippen LogP contribution in [0.4, 0.5) is 11.4 Å². The number of rotatable bonds is 4. The van der Waals surface area contributed by atoms with Crippen LogP contribution in [0.3, 0.4) is 0 Å². The fourth-order valence-electron chi connectivity index (χ4n) is 4.00. The molecule has 4 heteroatoms. The quantitative estimate of drug-likeness (QED) is 0.553. The molecule has 4 nitrogen and oxygen atoms in total. The zero-order valence-corrected chi connectivity index (χ0v) is 17.7. The lowest BCUT2D eigenvalue weighted by molar-refractivity contribution is -0.112. The van der Waals surface area contributed by atoms with Gasteiger partial charge in [0.25, 0.3) is 5.91 Å². The van der Waals surface area contributed by atoms with E-state index >= 15 is 0 Å². The van der Waals surface area contributed by atoms with Crippen LogP contribution in [0, 0.1) is 18.3 Å². The van der Waals surface area contributed by atoms with Gasteiger partial charge in [-0.1, -0.05) is 24.3 Å². The maximum Gasteiger partial charge on any atom is 0.266 e. The number of benzene rings is 2. The molecule has 0 saturated heterocycles. The molecule has 0 atom stereocenters. The molecule has 0 spiro atoms. The molecule has 1 aliphatic heterocycles. The van der Waals surface area contributed by atoms with Crippen molar-refractivity contribution in [3.63, 3.8) is 0 Å². The molecule has 2 aromatic carbocycles. The lowest BCUT2D eigenvalue weighted by Crippen LogP contribution is -2.44. The first-order valence-electron chi connectivity index (χ1n) is 9.87. The number of fused-ring (bicyclic) bond motifs is 1. The Bertz CT molecular complexity index is 1040. The summed E-state index contributed by atoms with van der Waals surface area (Å²) in [6, 6.07) is 15.5. The first-order chi connectivity index (χ1) is 13.8. The number of nitrogens with zero attached hydrogens (tertiary/aromatic N) is 2. The van der Waals surface area contributed by atoms with Crippen LogP contribution >= 0.6 is 0 Å². The number of aryl methyl sites for hydroxylation is 1. The Labute approximate surface area is 173 Å². The molecule has 0 fully saturated rings. The smallest absolute Gasteiger partial charge is 0.266 e. The van der Waals surface area contributed by atoms with Gasteiger partial charge in [0.15, 0.2) is 0 Å². The van der Waals surface area contributed by atoms with Crippen LogP contribution in [0.5, 0.6) is 0 Å². The molecule has 29 heavy (non-hydrogen) atoms. The van der Waals surface area contributed by atoms with Gasteiger partial charge in [-0.3, -0.25) is 4.79 Å². The summed E-state index contributed by atoms with van der Waals surface area (Å²) in [5.41, 5.74) is 6.16. The fourth-order valence-corrected chi connectivity index (χ4v) is 4.00. The number of likely N-dealkylation sites (N-methyl/N-ethyl adjacent to an activating group) is 1. The van der Waals surface area contributed by atoms with Crippen LogP contribution in [0.1, 0.15) is 44.4 Å². The van der Waals surface area contributed by atoms with Crippen LogP contribution in [-0.4, -0.2) is 18.0 Å². The van der Waals surface area contributed by atoms with E-state index in [0.29, 0.717) is 5.69 Å². The average molecular weight is 386 g/mol. The molecule has 2 aromatic rings. The van der Waals surface area contributed by atoms with Crippen molar-refractivity contribution in [2.24, 2.45) is 0 Å². The Balaban J connectivity index is 2.00. The van der Waals surface area contributed by atoms with Gasteiger partial charge in [-0.05, 0) is 81.7 Å². The number of nitriles is 1. The van der Waals surface area contributed by atoms with Crippen molar-refractivity contribution in [1.82, 2.24) is 0 Å². The monoisotopic (exact) mass is 385 g/mol. The summed E-state index contributed by atoms with van der Waals surface area (Å²) in [6.45, 7) is 11.6. The standard InChI is InChI=1S/C25H27N3O/c1-6-28-23-12-17(2)19(14-22(23)18(3)15-25(28,4)5)13-20(16-26)24(29)27-21-10-8-7-9-11-21/h7-15H,6H2,1-5H3,(H,27,29)/b20-13-. The van der Waals surface area contributed by atoms with Gasteiger partial charge < -0.3 is 10.2 Å². The Morgan fingerprint density at radius 2 is 1.90 bits per heavy atom. The number of nitrogens with one attached hydrogen (secondary N) is 1. The fraction of sp³-hybridized carbons (Fsp3) is 0.280. The average Bonchev–Trinajstić information content (AvgIpc) is 2.67. The molecule has 1 amide bonds. The number of carbonyl (C=O) groups excluding carboxylic acids is 1. The number of anilines is 2. The van der Waals surface area contributed by atoms with Crippen molar-refractivity contribution in [3.05, 3.63) is 70.8 Å². The Morgan fingerprint density at radius 3 is 2.52 bits per heavy atom. The minimum absolute atomic E-state index is 0.0526. The summed E-state index contributed by atoms with van der Waals surface area (Å²) in [5.74, 6) is -0.403. The molecular weight excluding hydrogens is 358 g/mol. The normalized spacial score (nSPS) is 15.2. The molecule has 0 radical (unpaired) electrons. The molecule has 0 unspecified atom stereocenters. The van der Waals surface area contributed by atoms with E-state index in [2.05, 4.69) is 56.1 Å². The van der Waals surface area contributed by atoms with Gasteiger partial charge in [0, 0.05) is 23.5 Å². The molecule has 0 bridgehead atoms. The summed E-state index contributed by atoms with van der Waals surface area (Å²) >= 11 is 0. The van der Waals surface area contributed by atoms with Crippen molar-refractivity contribution in [1.29, 1.82) is 5.26 Å². The molecule has 148 valence electrons. The summed E-state index contributed by atoms with van der Waals surface area (Å²) in [6.07, 6.45) is 3.95. The van der Waals surface area contributed by atoms with E-state index in [9.17, 15) is 10.1 Å². The van der Waals surface area contributed by atoms with Crippen molar-refractivity contribution in [3.8, 4) is 6.07 Å². The topological polar surface area (TPSA) is 56.1 Å². The van der Waals surface area contributed by atoms with E-state index < -0.39 is 5.91 Å². The summed E-state index contributed by atoms with van der Waals surface area (Å²) < 4.78 is 0. The number of hydrogen-bond acceptors (Lipinski definition) is 3. The first-order valence-corrected chi connectivity index (χ1v) is 9.87. The Hall–Kier alpha value is -3.32. The molecule has 0 aliphatic carbocycles. The van der Waals surface area contributed by atoms with Gasteiger partial charge in [-0.2, -0.15) is 5.26 Å². The van der Waals surface area contributed by atoms with E-state index in [1.807, 2.05) is 31.2 Å². The highest BCUT2D eigenvalue weighted by atomic mass is 16.1. The number of carbonyl (C=O) groups is 1. The number of amides is 1. The van der Waals surface area contributed by atoms with Crippen LogP contribution in [0.2, 0.25) is 0 Å². The zero-order valence-electron chi connectivity index (χ0n) is 17.7. The highest BCUT2D eigenvalue weighted by Crippen LogP contribution is 2.40. The predicted molar refractivity (Wildman–Crippen MR) is 121 cm³/mol.